The van der Waals surface area contributed by atoms with Crippen molar-refractivity contribution < 1.29 is 14.7 Å². The zero-order valence-corrected chi connectivity index (χ0v) is 13.4. The molecular formula is C16H22ClNO3. The Kier molecular flexibility index (Phi) is 6.69. The van der Waals surface area contributed by atoms with Crippen LogP contribution in [-0.2, 0) is 9.59 Å². The Morgan fingerprint density at radius 2 is 1.95 bits per heavy atom. The van der Waals surface area contributed by atoms with Gasteiger partial charge in [-0.3, -0.25) is 9.59 Å². The Balaban J connectivity index is 2.73. The smallest absolute Gasteiger partial charge is 0.303 e. The molecule has 5 heteroatoms. The van der Waals surface area contributed by atoms with E-state index < -0.39 is 5.97 Å². The molecule has 1 aromatic rings. The van der Waals surface area contributed by atoms with Crippen LogP contribution >= 0.6 is 11.6 Å². The Hall–Kier alpha value is -1.55. The Morgan fingerprint density at radius 1 is 1.29 bits per heavy atom. The molecule has 0 aliphatic heterocycles. The maximum Gasteiger partial charge on any atom is 0.303 e. The third-order valence-electron chi connectivity index (χ3n) is 3.30. The summed E-state index contributed by atoms with van der Waals surface area (Å²) in [4.78, 5) is 23.0. The van der Waals surface area contributed by atoms with Crippen molar-refractivity contribution >= 4 is 23.5 Å². The predicted molar refractivity (Wildman–Crippen MR) is 83.5 cm³/mol. The summed E-state index contributed by atoms with van der Waals surface area (Å²) < 4.78 is 0. The van der Waals surface area contributed by atoms with Crippen molar-refractivity contribution in [3.8, 4) is 0 Å². The summed E-state index contributed by atoms with van der Waals surface area (Å²) in [5.74, 6) is -1.21. The van der Waals surface area contributed by atoms with Gasteiger partial charge in [0.15, 0.2) is 0 Å². The van der Waals surface area contributed by atoms with Gasteiger partial charge in [-0.2, -0.15) is 0 Å². The number of rotatable bonds is 7. The molecule has 0 saturated carbocycles. The lowest BCUT2D eigenvalue weighted by molar-refractivity contribution is -0.138. The first-order valence-electron chi connectivity index (χ1n) is 7.06. The van der Waals surface area contributed by atoms with Crippen molar-refractivity contribution in [3.05, 3.63) is 34.9 Å². The number of nitrogens with one attached hydrogen (secondary N) is 1. The maximum absolute atomic E-state index is 12.4. The molecule has 1 amide bonds. The van der Waals surface area contributed by atoms with Crippen molar-refractivity contribution in [2.24, 2.45) is 11.8 Å². The van der Waals surface area contributed by atoms with E-state index in [0.717, 1.165) is 5.56 Å². The van der Waals surface area contributed by atoms with Crippen LogP contribution in [0.25, 0.3) is 0 Å². The van der Waals surface area contributed by atoms with E-state index in [9.17, 15) is 9.59 Å². The third-order valence-corrected chi connectivity index (χ3v) is 3.54. The van der Waals surface area contributed by atoms with Gasteiger partial charge >= 0.3 is 5.97 Å². The first-order chi connectivity index (χ1) is 9.81. The number of carbonyl (C=O) groups is 2. The topological polar surface area (TPSA) is 66.4 Å². The number of aliphatic carboxylic acids is 1. The zero-order valence-electron chi connectivity index (χ0n) is 12.6. The number of carboxylic acid groups (broad SMARTS) is 1. The minimum atomic E-state index is -0.855. The van der Waals surface area contributed by atoms with Gasteiger partial charge in [-0.05, 0) is 29.5 Å². The Morgan fingerprint density at radius 3 is 2.48 bits per heavy atom. The second kappa shape index (κ2) is 8.03. The number of carboxylic acids is 1. The van der Waals surface area contributed by atoms with Crippen molar-refractivity contribution in [3.63, 3.8) is 0 Å². The highest BCUT2D eigenvalue weighted by Gasteiger charge is 2.24. The highest BCUT2D eigenvalue weighted by atomic mass is 35.5. The molecule has 21 heavy (non-hydrogen) atoms. The summed E-state index contributed by atoms with van der Waals surface area (Å²) in [5.41, 5.74) is 0.876. The molecule has 0 aliphatic carbocycles. The molecule has 0 radical (unpaired) electrons. The van der Waals surface area contributed by atoms with E-state index in [1.165, 1.54) is 0 Å². The minimum Gasteiger partial charge on any atom is -0.481 e. The molecule has 116 valence electrons. The second-order valence-electron chi connectivity index (χ2n) is 5.72. The normalized spacial score (nSPS) is 13.8. The molecule has 0 fully saturated rings. The molecule has 0 bridgehead atoms. The van der Waals surface area contributed by atoms with Crippen LogP contribution in [0.15, 0.2) is 24.3 Å². The van der Waals surface area contributed by atoms with Gasteiger partial charge in [-0.15, -0.1) is 0 Å². The fourth-order valence-electron chi connectivity index (χ4n) is 2.29. The SMILES string of the molecule is CC(CNC(=O)C(c1cccc(Cl)c1)C(C)C)CC(=O)O. The lowest BCUT2D eigenvalue weighted by Crippen LogP contribution is -2.35. The Bertz CT molecular complexity index is 502. The summed E-state index contributed by atoms with van der Waals surface area (Å²) in [7, 11) is 0. The third kappa shape index (κ3) is 5.76. The molecule has 1 rings (SSSR count). The quantitative estimate of drug-likeness (QED) is 0.812. The van der Waals surface area contributed by atoms with Gasteiger partial charge in [0.25, 0.3) is 0 Å². The van der Waals surface area contributed by atoms with Crippen molar-refractivity contribution in [2.75, 3.05) is 6.54 Å². The van der Waals surface area contributed by atoms with Crippen LogP contribution in [0.5, 0.6) is 0 Å². The molecule has 0 aromatic heterocycles. The van der Waals surface area contributed by atoms with E-state index in [0.29, 0.717) is 11.6 Å². The van der Waals surface area contributed by atoms with Crippen LogP contribution in [0.4, 0.5) is 0 Å². The van der Waals surface area contributed by atoms with Crippen LogP contribution in [0.1, 0.15) is 38.7 Å². The molecule has 2 N–H and O–H groups in total. The van der Waals surface area contributed by atoms with Crippen molar-refractivity contribution in [1.29, 1.82) is 0 Å². The van der Waals surface area contributed by atoms with Gasteiger partial charge in [-0.1, -0.05) is 44.5 Å². The fraction of sp³-hybridized carbons (Fsp3) is 0.500. The van der Waals surface area contributed by atoms with Gasteiger partial charge in [0.1, 0.15) is 0 Å². The van der Waals surface area contributed by atoms with Crippen molar-refractivity contribution in [2.45, 2.75) is 33.1 Å². The average Bonchev–Trinajstić information content (AvgIpc) is 2.35. The lowest BCUT2D eigenvalue weighted by atomic mass is 9.87. The molecule has 0 heterocycles. The van der Waals surface area contributed by atoms with E-state index in [2.05, 4.69) is 5.32 Å². The van der Waals surface area contributed by atoms with Crippen LogP contribution in [-0.4, -0.2) is 23.5 Å². The summed E-state index contributed by atoms with van der Waals surface area (Å²) in [6, 6.07) is 7.28. The molecule has 0 saturated heterocycles. The van der Waals surface area contributed by atoms with Gasteiger partial charge in [0.2, 0.25) is 5.91 Å². The number of hydrogen-bond acceptors (Lipinski definition) is 2. The second-order valence-corrected chi connectivity index (χ2v) is 6.16. The monoisotopic (exact) mass is 311 g/mol. The van der Waals surface area contributed by atoms with E-state index in [1.807, 2.05) is 26.0 Å². The van der Waals surface area contributed by atoms with Gasteiger partial charge < -0.3 is 10.4 Å². The van der Waals surface area contributed by atoms with Crippen LogP contribution in [0.3, 0.4) is 0 Å². The minimum absolute atomic E-state index is 0.0454. The standard InChI is InChI=1S/C16H22ClNO3/c1-10(2)15(12-5-4-6-13(17)8-12)16(21)18-9-11(3)7-14(19)20/h4-6,8,10-11,15H,7,9H2,1-3H3,(H,18,21)(H,19,20). The van der Waals surface area contributed by atoms with Gasteiger partial charge in [-0.25, -0.2) is 0 Å². The molecule has 2 unspecified atom stereocenters. The first kappa shape index (κ1) is 17.5. The largest absolute Gasteiger partial charge is 0.481 e. The summed E-state index contributed by atoms with van der Waals surface area (Å²) in [6.45, 7) is 6.12. The average molecular weight is 312 g/mol. The summed E-state index contributed by atoms with van der Waals surface area (Å²) in [6.07, 6.45) is 0.0454. The molecule has 2 atom stereocenters. The van der Waals surface area contributed by atoms with Crippen LogP contribution in [0, 0.1) is 11.8 Å². The first-order valence-corrected chi connectivity index (χ1v) is 7.44. The molecule has 0 spiro atoms. The molecule has 4 nitrogen and oxygen atoms in total. The highest BCUT2D eigenvalue weighted by Crippen LogP contribution is 2.26. The zero-order chi connectivity index (χ0) is 16.0. The summed E-state index contributed by atoms with van der Waals surface area (Å²) >= 11 is 5.99. The van der Waals surface area contributed by atoms with E-state index in [1.54, 1.807) is 19.1 Å². The lowest BCUT2D eigenvalue weighted by Gasteiger charge is -2.22. The summed E-state index contributed by atoms with van der Waals surface area (Å²) in [5, 5.41) is 12.2. The van der Waals surface area contributed by atoms with E-state index >= 15 is 0 Å². The van der Waals surface area contributed by atoms with Gasteiger partial charge in [0.05, 0.1) is 5.92 Å². The fourth-order valence-corrected chi connectivity index (χ4v) is 2.49. The van der Waals surface area contributed by atoms with Gasteiger partial charge in [0, 0.05) is 18.0 Å². The number of carbonyl (C=O) groups excluding carboxylic acids is 1. The highest BCUT2D eigenvalue weighted by molar-refractivity contribution is 6.30. The predicted octanol–water partition coefficient (Wildman–Crippen LogP) is 3.31. The number of benzene rings is 1. The van der Waals surface area contributed by atoms with Crippen LogP contribution < -0.4 is 5.32 Å². The van der Waals surface area contributed by atoms with Crippen LogP contribution in [0.2, 0.25) is 5.02 Å². The number of halogens is 1. The molecular weight excluding hydrogens is 290 g/mol. The van der Waals surface area contributed by atoms with Crippen molar-refractivity contribution in [1.82, 2.24) is 5.32 Å². The molecule has 0 aliphatic rings. The number of hydrogen-bond donors (Lipinski definition) is 2. The number of amides is 1. The molecule has 1 aromatic carbocycles. The maximum atomic E-state index is 12.4. The Labute approximate surface area is 130 Å². The van der Waals surface area contributed by atoms with E-state index in [4.69, 9.17) is 16.7 Å². The van der Waals surface area contributed by atoms with E-state index in [-0.39, 0.29) is 30.1 Å².